The van der Waals surface area contributed by atoms with Crippen molar-refractivity contribution in [2.45, 2.75) is 22.8 Å². The molecule has 0 bridgehead atoms. The lowest BCUT2D eigenvalue weighted by Crippen LogP contribution is -2.55. The number of sulfonamides is 2. The lowest BCUT2D eigenvalue weighted by atomic mass is 10.3. The van der Waals surface area contributed by atoms with Gasteiger partial charge in [-0.1, -0.05) is 12.1 Å². The number of benzene rings is 2. The van der Waals surface area contributed by atoms with Crippen LogP contribution in [0.4, 0.5) is 8.78 Å². The molecule has 6 nitrogen and oxygen atoms in total. The molecule has 10 heteroatoms. The molecule has 0 radical (unpaired) electrons. The molecule has 0 amide bonds. The van der Waals surface area contributed by atoms with Crippen LogP contribution in [0.1, 0.15) is 6.92 Å². The first-order valence-electron chi connectivity index (χ1n) is 8.15. The summed E-state index contributed by atoms with van der Waals surface area (Å²) in [5, 5.41) is 0. The van der Waals surface area contributed by atoms with E-state index in [1.807, 2.05) is 0 Å². The van der Waals surface area contributed by atoms with Crippen molar-refractivity contribution in [3.05, 3.63) is 60.2 Å². The van der Waals surface area contributed by atoms with Crippen molar-refractivity contribution in [3.8, 4) is 0 Å². The topological polar surface area (TPSA) is 74.8 Å². The maximum absolute atomic E-state index is 13.4. The van der Waals surface area contributed by atoms with Gasteiger partial charge >= 0.3 is 0 Å². The molecule has 1 atom stereocenters. The second-order valence-electron chi connectivity index (χ2n) is 6.24. The highest BCUT2D eigenvalue weighted by Crippen LogP contribution is 2.25. The smallest absolute Gasteiger partial charge is 0.207 e. The summed E-state index contributed by atoms with van der Waals surface area (Å²) >= 11 is 0. The van der Waals surface area contributed by atoms with E-state index in [0.717, 1.165) is 32.9 Å². The van der Waals surface area contributed by atoms with Crippen LogP contribution in [0.3, 0.4) is 0 Å². The van der Waals surface area contributed by atoms with Gasteiger partial charge in [-0.05, 0) is 43.3 Å². The number of rotatable bonds is 4. The Kier molecular flexibility index (Phi) is 5.35. The van der Waals surface area contributed by atoms with Crippen LogP contribution < -0.4 is 0 Å². The van der Waals surface area contributed by atoms with E-state index in [2.05, 4.69) is 0 Å². The van der Waals surface area contributed by atoms with Crippen LogP contribution in [0.2, 0.25) is 0 Å². The highest BCUT2D eigenvalue weighted by molar-refractivity contribution is 7.89. The molecule has 3 rings (SSSR count). The van der Waals surface area contributed by atoms with Gasteiger partial charge in [0, 0.05) is 25.7 Å². The third-order valence-corrected chi connectivity index (χ3v) is 8.24. The highest BCUT2D eigenvalue weighted by atomic mass is 32.2. The van der Waals surface area contributed by atoms with Crippen LogP contribution in [0.15, 0.2) is 58.3 Å². The van der Waals surface area contributed by atoms with E-state index in [1.165, 1.54) is 24.3 Å². The van der Waals surface area contributed by atoms with Crippen molar-refractivity contribution in [1.82, 2.24) is 8.61 Å². The molecule has 2 aromatic rings. The minimum Gasteiger partial charge on any atom is -0.207 e. The Bertz CT molecular complexity index is 1060. The predicted molar refractivity (Wildman–Crippen MR) is 94.9 cm³/mol. The molecular weight excluding hydrogens is 398 g/mol. The number of hydrogen-bond donors (Lipinski definition) is 0. The molecule has 1 aliphatic rings. The molecular formula is C17H18F2N2O4S2. The average Bonchev–Trinajstić information content (AvgIpc) is 2.61. The van der Waals surface area contributed by atoms with E-state index in [4.69, 9.17) is 0 Å². The Morgan fingerprint density at radius 3 is 1.85 bits per heavy atom. The first-order valence-corrected chi connectivity index (χ1v) is 11.0. The molecule has 146 valence electrons. The lowest BCUT2D eigenvalue weighted by molar-refractivity contribution is 0.212. The number of hydrogen-bond acceptors (Lipinski definition) is 4. The molecule has 0 N–H and O–H groups in total. The van der Waals surface area contributed by atoms with Crippen molar-refractivity contribution >= 4 is 20.0 Å². The summed E-state index contributed by atoms with van der Waals surface area (Å²) in [6, 6.07) is 8.66. The number of piperazine rings is 1. The molecule has 0 saturated carbocycles. The summed E-state index contributed by atoms with van der Waals surface area (Å²) in [6.45, 7) is 1.31. The van der Waals surface area contributed by atoms with Crippen LogP contribution >= 0.6 is 0 Å². The molecule has 27 heavy (non-hydrogen) atoms. The van der Waals surface area contributed by atoms with Crippen LogP contribution in [0, 0.1) is 11.6 Å². The Balaban J connectivity index is 1.84. The third kappa shape index (κ3) is 3.88. The Hall–Kier alpha value is -1.88. The van der Waals surface area contributed by atoms with Crippen molar-refractivity contribution in [2.75, 3.05) is 19.6 Å². The summed E-state index contributed by atoms with van der Waals surface area (Å²) in [7, 11) is -7.91. The second kappa shape index (κ2) is 7.27. The van der Waals surface area contributed by atoms with E-state index in [-0.39, 0.29) is 29.4 Å². The highest BCUT2D eigenvalue weighted by Gasteiger charge is 2.38. The van der Waals surface area contributed by atoms with Gasteiger partial charge in [0.1, 0.15) is 11.6 Å². The maximum Gasteiger partial charge on any atom is 0.243 e. The van der Waals surface area contributed by atoms with Gasteiger partial charge in [0.2, 0.25) is 20.0 Å². The average molecular weight is 416 g/mol. The molecule has 1 aliphatic heterocycles. The van der Waals surface area contributed by atoms with Gasteiger partial charge in [-0.2, -0.15) is 8.61 Å². The fourth-order valence-electron chi connectivity index (χ4n) is 3.02. The molecule has 0 aromatic heterocycles. The van der Waals surface area contributed by atoms with Crippen LogP contribution in [-0.2, 0) is 20.0 Å². The standard InChI is InChI=1S/C17H18F2N2O4S2/c1-13-12-20(26(22,23)16-6-2-4-14(18)10-16)8-9-21(13)27(24,25)17-7-3-5-15(19)11-17/h2-7,10-11,13H,8-9,12H2,1H3/t13-/m0/s1. The fraction of sp³-hybridized carbons (Fsp3) is 0.294. The van der Waals surface area contributed by atoms with Crippen molar-refractivity contribution in [2.24, 2.45) is 0 Å². The fourth-order valence-corrected chi connectivity index (χ4v) is 6.21. The lowest BCUT2D eigenvalue weighted by Gasteiger charge is -2.38. The second-order valence-corrected chi connectivity index (χ2v) is 10.1. The van der Waals surface area contributed by atoms with Gasteiger partial charge in [0.15, 0.2) is 0 Å². The Morgan fingerprint density at radius 2 is 1.37 bits per heavy atom. The number of nitrogens with zero attached hydrogens (tertiary/aromatic N) is 2. The third-order valence-electron chi connectivity index (χ3n) is 4.37. The Morgan fingerprint density at radius 1 is 0.852 bits per heavy atom. The van der Waals surface area contributed by atoms with E-state index < -0.39 is 37.7 Å². The first kappa shape index (κ1) is 19.9. The van der Waals surface area contributed by atoms with Crippen molar-refractivity contribution in [1.29, 1.82) is 0 Å². The zero-order valence-corrected chi connectivity index (χ0v) is 16.1. The molecule has 0 unspecified atom stereocenters. The summed E-state index contributed by atoms with van der Waals surface area (Å²) < 4.78 is 80.0. The van der Waals surface area contributed by atoms with Crippen molar-refractivity contribution < 1.29 is 25.6 Å². The molecule has 2 aromatic carbocycles. The van der Waals surface area contributed by atoms with E-state index in [9.17, 15) is 25.6 Å². The van der Waals surface area contributed by atoms with Gasteiger partial charge in [-0.15, -0.1) is 0 Å². The molecule has 0 aliphatic carbocycles. The summed E-state index contributed by atoms with van der Waals surface area (Å²) in [5.74, 6) is -1.34. The van der Waals surface area contributed by atoms with Gasteiger partial charge < -0.3 is 0 Å². The largest absolute Gasteiger partial charge is 0.243 e. The minimum atomic E-state index is -3.96. The summed E-state index contributed by atoms with van der Waals surface area (Å²) in [5.41, 5.74) is 0. The van der Waals surface area contributed by atoms with Crippen LogP contribution in [-0.4, -0.2) is 51.1 Å². The monoisotopic (exact) mass is 416 g/mol. The zero-order chi connectivity index (χ0) is 19.8. The van der Waals surface area contributed by atoms with Gasteiger partial charge in [0.25, 0.3) is 0 Å². The van der Waals surface area contributed by atoms with E-state index in [1.54, 1.807) is 6.92 Å². The number of halogens is 2. The first-order chi connectivity index (χ1) is 12.6. The normalized spacial score (nSPS) is 19.9. The summed E-state index contributed by atoms with van der Waals surface area (Å²) in [6.07, 6.45) is 0. The van der Waals surface area contributed by atoms with E-state index in [0.29, 0.717) is 0 Å². The van der Waals surface area contributed by atoms with Crippen LogP contribution in [0.25, 0.3) is 0 Å². The maximum atomic E-state index is 13.4. The Labute approximate surface area is 157 Å². The van der Waals surface area contributed by atoms with E-state index >= 15 is 0 Å². The quantitative estimate of drug-likeness (QED) is 0.765. The van der Waals surface area contributed by atoms with Gasteiger partial charge in [0.05, 0.1) is 9.79 Å². The molecule has 1 saturated heterocycles. The van der Waals surface area contributed by atoms with Gasteiger partial charge in [-0.25, -0.2) is 25.6 Å². The van der Waals surface area contributed by atoms with Crippen LogP contribution in [0.5, 0.6) is 0 Å². The SMILES string of the molecule is C[C@H]1CN(S(=O)(=O)c2cccc(F)c2)CCN1S(=O)(=O)c1cccc(F)c1. The molecule has 1 heterocycles. The van der Waals surface area contributed by atoms with Gasteiger partial charge in [-0.3, -0.25) is 0 Å². The van der Waals surface area contributed by atoms with Crippen molar-refractivity contribution in [3.63, 3.8) is 0 Å². The zero-order valence-electron chi connectivity index (χ0n) is 14.4. The molecule has 0 spiro atoms. The predicted octanol–water partition coefficient (Wildman–Crippen LogP) is 2.05. The summed E-state index contributed by atoms with van der Waals surface area (Å²) in [4.78, 5) is -0.369. The molecule has 1 fully saturated rings. The minimum absolute atomic E-state index is 0.0856.